The molecule has 0 radical (unpaired) electrons. The van der Waals surface area contributed by atoms with Gasteiger partial charge < -0.3 is 9.32 Å². The maximum Gasteiger partial charge on any atom is 0.224 e. The topological polar surface area (TPSA) is 57.2 Å². The Morgan fingerprint density at radius 3 is 3.13 bits per heavy atom. The van der Waals surface area contributed by atoms with Gasteiger partial charge in [0.1, 0.15) is 5.76 Å². The van der Waals surface area contributed by atoms with Gasteiger partial charge in [-0.1, -0.05) is 0 Å². The first-order valence-corrected chi connectivity index (χ1v) is 4.99. The van der Waals surface area contributed by atoms with Crippen molar-refractivity contribution in [1.82, 2.24) is 4.90 Å². The molecule has 0 bridgehead atoms. The Hall–Kier alpha value is -1.76. The van der Waals surface area contributed by atoms with E-state index < -0.39 is 0 Å². The molecule has 15 heavy (non-hydrogen) atoms. The van der Waals surface area contributed by atoms with Crippen LogP contribution in [0.5, 0.6) is 0 Å². The molecule has 1 aliphatic heterocycles. The van der Waals surface area contributed by atoms with Gasteiger partial charge in [0.2, 0.25) is 5.91 Å². The summed E-state index contributed by atoms with van der Waals surface area (Å²) in [5.41, 5.74) is 0. The smallest absolute Gasteiger partial charge is 0.224 e. The number of hydrogen-bond acceptors (Lipinski definition) is 3. The van der Waals surface area contributed by atoms with Gasteiger partial charge in [-0.05, 0) is 12.1 Å². The molecule has 4 heteroatoms. The number of likely N-dealkylation sites (tertiary alicyclic amines) is 1. The molecule has 1 atom stereocenters. The number of carbonyl (C=O) groups excluding carboxylic acids is 1. The lowest BCUT2D eigenvalue weighted by Crippen LogP contribution is -2.27. The van der Waals surface area contributed by atoms with Gasteiger partial charge in [0.25, 0.3) is 0 Å². The summed E-state index contributed by atoms with van der Waals surface area (Å²) < 4.78 is 5.18. The first kappa shape index (κ1) is 9.78. The van der Waals surface area contributed by atoms with E-state index in [0.717, 1.165) is 12.2 Å². The van der Waals surface area contributed by atoms with Crippen molar-refractivity contribution in [3.8, 4) is 6.07 Å². The van der Waals surface area contributed by atoms with Gasteiger partial charge in [0.15, 0.2) is 0 Å². The van der Waals surface area contributed by atoms with Crippen LogP contribution in [0.2, 0.25) is 0 Å². The Kier molecular flexibility index (Phi) is 2.72. The average Bonchev–Trinajstić information content (AvgIpc) is 2.84. The van der Waals surface area contributed by atoms with E-state index in [-0.39, 0.29) is 11.8 Å². The highest BCUT2D eigenvalue weighted by molar-refractivity contribution is 5.79. The predicted octanol–water partition coefficient (Wildman–Crippen LogP) is 1.19. The second-order valence-electron chi connectivity index (χ2n) is 3.70. The van der Waals surface area contributed by atoms with Gasteiger partial charge in [0, 0.05) is 25.9 Å². The van der Waals surface area contributed by atoms with E-state index >= 15 is 0 Å². The SMILES string of the molecule is N#CC1CC(=O)N(CCc2ccco2)C1. The molecule has 0 saturated carbocycles. The molecule has 1 aromatic heterocycles. The Morgan fingerprint density at radius 2 is 2.53 bits per heavy atom. The molecule has 1 amide bonds. The zero-order chi connectivity index (χ0) is 10.7. The monoisotopic (exact) mass is 204 g/mol. The third-order valence-corrected chi connectivity index (χ3v) is 2.61. The standard InChI is InChI=1S/C11H12N2O2/c12-7-9-6-11(14)13(8-9)4-3-10-2-1-5-15-10/h1-2,5,9H,3-4,6,8H2. The highest BCUT2D eigenvalue weighted by Crippen LogP contribution is 2.17. The van der Waals surface area contributed by atoms with Gasteiger partial charge in [-0.3, -0.25) is 4.79 Å². The van der Waals surface area contributed by atoms with Crippen LogP contribution in [0, 0.1) is 17.2 Å². The van der Waals surface area contributed by atoms with E-state index in [2.05, 4.69) is 6.07 Å². The number of nitrogens with zero attached hydrogens (tertiary/aromatic N) is 2. The maximum atomic E-state index is 11.4. The number of nitriles is 1. The molecule has 0 aliphatic carbocycles. The van der Waals surface area contributed by atoms with Crippen molar-refractivity contribution in [2.75, 3.05) is 13.1 Å². The van der Waals surface area contributed by atoms with E-state index in [1.165, 1.54) is 0 Å². The first-order valence-electron chi connectivity index (χ1n) is 4.99. The van der Waals surface area contributed by atoms with Crippen LogP contribution in [0.25, 0.3) is 0 Å². The number of furan rings is 1. The van der Waals surface area contributed by atoms with Crippen molar-refractivity contribution in [2.24, 2.45) is 5.92 Å². The van der Waals surface area contributed by atoms with Crippen molar-refractivity contribution >= 4 is 5.91 Å². The van der Waals surface area contributed by atoms with Crippen LogP contribution < -0.4 is 0 Å². The molecule has 0 aromatic carbocycles. The van der Waals surface area contributed by atoms with E-state index in [1.807, 2.05) is 12.1 Å². The van der Waals surface area contributed by atoms with Crippen molar-refractivity contribution in [3.05, 3.63) is 24.2 Å². The quantitative estimate of drug-likeness (QED) is 0.743. The van der Waals surface area contributed by atoms with Crippen LogP contribution in [-0.4, -0.2) is 23.9 Å². The highest BCUT2D eigenvalue weighted by Gasteiger charge is 2.28. The Bertz CT molecular complexity index is 378. The minimum atomic E-state index is -0.130. The highest BCUT2D eigenvalue weighted by atomic mass is 16.3. The van der Waals surface area contributed by atoms with Crippen LogP contribution >= 0.6 is 0 Å². The largest absolute Gasteiger partial charge is 0.469 e. The van der Waals surface area contributed by atoms with E-state index in [1.54, 1.807) is 11.2 Å². The summed E-state index contributed by atoms with van der Waals surface area (Å²) in [6.07, 6.45) is 2.71. The third kappa shape index (κ3) is 2.18. The number of amides is 1. The summed E-state index contributed by atoms with van der Waals surface area (Å²) in [6, 6.07) is 5.86. The minimum Gasteiger partial charge on any atom is -0.469 e. The van der Waals surface area contributed by atoms with Gasteiger partial charge in [-0.2, -0.15) is 5.26 Å². The molecule has 1 fully saturated rings. The van der Waals surface area contributed by atoms with Crippen molar-refractivity contribution in [3.63, 3.8) is 0 Å². The summed E-state index contributed by atoms with van der Waals surface area (Å²) in [4.78, 5) is 13.2. The molecular formula is C11H12N2O2. The molecule has 2 heterocycles. The van der Waals surface area contributed by atoms with Gasteiger partial charge >= 0.3 is 0 Å². The second kappa shape index (κ2) is 4.18. The zero-order valence-electron chi connectivity index (χ0n) is 8.35. The van der Waals surface area contributed by atoms with E-state index in [0.29, 0.717) is 19.5 Å². The average molecular weight is 204 g/mol. The fraction of sp³-hybridized carbons (Fsp3) is 0.455. The molecular weight excluding hydrogens is 192 g/mol. The Balaban J connectivity index is 1.86. The second-order valence-corrected chi connectivity index (χ2v) is 3.70. The van der Waals surface area contributed by atoms with Crippen LogP contribution in [0.4, 0.5) is 0 Å². The lowest BCUT2D eigenvalue weighted by molar-refractivity contribution is -0.127. The molecule has 2 rings (SSSR count). The molecule has 1 unspecified atom stereocenters. The lowest BCUT2D eigenvalue weighted by Gasteiger charge is -2.14. The normalized spacial score (nSPS) is 20.6. The van der Waals surface area contributed by atoms with Crippen LogP contribution in [-0.2, 0) is 11.2 Å². The van der Waals surface area contributed by atoms with Crippen LogP contribution in [0.15, 0.2) is 22.8 Å². The van der Waals surface area contributed by atoms with E-state index in [9.17, 15) is 4.79 Å². The molecule has 0 N–H and O–H groups in total. The molecule has 1 aliphatic rings. The van der Waals surface area contributed by atoms with Crippen LogP contribution in [0.1, 0.15) is 12.2 Å². The van der Waals surface area contributed by atoms with Crippen molar-refractivity contribution in [1.29, 1.82) is 5.26 Å². The number of hydrogen-bond donors (Lipinski definition) is 0. The van der Waals surface area contributed by atoms with Crippen molar-refractivity contribution in [2.45, 2.75) is 12.8 Å². The third-order valence-electron chi connectivity index (χ3n) is 2.61. The van der Waals surface area contributed by atoms with E-state index in [4.69, 9.17) is 9.68 Å². The fourth-order valence-electron chi connectivity index (χ4n) is 1.77. The Labute approximate surface area is 88.1 Å². The summed E-state index contributed by atoms with van der Waals surface area (Å²) in [5.74, 6) is 0.824. The number of carbonyl (C=O) groups is 1. The molecule has 1 saturated heterocycles. The summed E-state index contributed by atoms with van der Waals surface area (Å²) >= 11 is 0. The summed E-state index contributed by atoms with van der Waals surface area (Å²) in [7, 11) is 0. The van der Waals surface area contributed by atoms with Gasteiger partial charge in [0.05, 0.1) is 18.3 Å². The number of rotatable bonds is 3. The predicted molar refractivity (Wildman–Crippen MR) is 52.7 cm³/mol. The van der Waals surface area contributed by atoms with Crippen molar-refractivity contribution < 1.29 is 9.21 Å². The molecule has 0 spiro atoms. The summed E-state index contributed by atoms with van der Waals surface area (Å²) in [5, 5.41) is 8.71. The summed E-state index contributed by atoms with van der Waals surface area (Å²) in [6.45, 7) is 1.21. The van der Waals surface area contributed by atoms with Gasteiger partial charge in [-0.15, -0.1) is 0 Å². The zero-order valence-corrected chi connectivity index (χ0v) is 8.35. The Morgan fingerprint density at radius 1 is 1.67 bits per heavy atom. The minimum absolute atomic E-state index is 0.0770. The van der Waals surface area contributed by atoms with Gasteiger partial charge in [-0.25, -0.2) is 0 Å². The molecule has 1 aromatic rings. The molecule has 78 valence electrons. The first-order chi connectivity index (χ1) is 7.29. The van der Waals surface area contributed by atoms with Crippen LogP contribution in [0.3, 0.4) is 0 Å². The maximum absolute atomic E-state index is 11.4. The fourth-order valence-corrected chi connectivity index (χ4v) is 1.77. The molecule has 4 nitrogen and oxygen atoms in total. The lowest BCUT2D eigenvalue weighted by atomic mass is 10.1.